The molecule has 0 aliphatic carbocycles. The number of hydrogen-bond donors (Lipinski definition) is 1. The van der Waals surface area contributed by atoms with Crippen molar-refractivity contribution in [3.8, 4) is 0 Å². The fourth-order valence-electron chi connectivity index (χ4n) is 3.47. The van der Waals surface area contributed by atoms with Crippen LogP contribution in [0.25, 0.3) is 0 Å². The van der Waals surface area contributed by atoms with Crippen molar-refractivity contribution in [2.75, 3.05) is 32.8 Å². The summed E-state index contributed by atoms with van der Waals surface area (Å²) in [5.41, 5.74) is 1.42. The maximum atomic E-state index is 5.87. The quantitative estimate of drug-likeness (QED) is 0.922. The highest BCUT2D eigenvalue weighted by Gasteiger charge is 2.20. The maximum Gasteiger partial charge on any atom is 0.0587 e. The van der Waals surface area contributed by atoms with Crippen molar-refractivity contribution in [1.82, 2.24) is 10.2 Å². The zero-order valence-electron chi connectivity index (χ0n) is 13.0. The number of rotatable bonds is 4. The van der Waals surface area contributed by atoms with E-state index in [0.29, 0.717) is 12.1 Å². The van der Waals surface area contributed by atoms with Gasteiger partial charge in [-0.15, -0.1) is 0 Å². The van der Waals surface area contributed by atoms with Gasteiger partial charge in [-0.1, -0.05) is 30.3 Å². The lowest BCUT2D eigenvalue weighted by Gasteiger charge is -2.28. The van der Waals surface area contributed by atoms with Crippen molar-refractivity contribution in [3.63, 3.8) is 0 Å². The molecule has 0 spiro atoms. The number of ether oxygens (including phenoxy) is 1. The molecule has 1 aromatic rings. The SMILES string of the molecule is c1ccc(C2CN(CCC3CCCCO3)CCCN2)cc1. The number of nitrogens with one attached hydrogen (secondary N) is 1. The second-order valence-corrected chi connectivity index (χ2v) is 6.35. The Labute approximate surface area is 128 Å². The van der Waals surface area contributed by atoms with Gasteiger partial charge >= 0.3 is 0 Å². The minimum absolute atomic E-state index is 0.473. The zero-order valence-corrected chi connectivity index (χ0v) is 13.0. The van der Waals surface area contributed by atoms with Crippen LogP contribution in [0, 0.1) is 0 Å². The summed E-state index contributed by atoms with van der Waals surface area (Å²) < 4.78 is 5.87. The zero-order chi connectivity index (χ0) is 14.3. The first kappa shape index (κ1) is 15.0. The van der Waals surface area contributed by atoms with Gasteiger partial charge in [-0.05, 0) is 50.8 Å². The molecule has 0 saturated carbocycles. The minimum atomic E-state index is 0.473. The Morgan fingerprint density at radius 3 is 2.86 bits per heavy atom. The van der Waals surface area contributed by atoms with Crippen LogP contribution in [-0.4, -0.2) is 43.8 Å². The van der Waals surface area contributed by atoms with Crippen LogP contribution < -0.4 is 5.32 Å². The van der Waals surface area contributed by atoms with Crippen molar-refractivity contribution >= 4 is 0 Å². The fraction of sp³-hybridized carbons (Fsp3) is 0.667. The highest BCUT2D eigenvalue weighted by molar-refractivity contribution is 5.19. The van der Waals surface area contributed by atoms with E-state index in [0.717, 1.165) is 19.7 Å². The molecule has 2 atom stereocenters. The summed E-state index contributed by atoms with van der Waals surface area (Å²) in [5.74, 6) is 0. The van der Waals surface area contributed by atoms with Crippen molar-refractivity contribution in [3.05, 3.63) is 35.9 Å². The van der Waals surface area contributed by atoms with Gasteiger partial charge in [0.2, 0.25) is 0 Å². The van der Waals surface area contributed by atoms with Gasteiger partial charge in [0.15, 0.2) is 0 Å². The molecule has 21 heavy (non-hydrogen) atoms. The number of hydrogen-bond acceptors (Lipinski definition) is 3. The summed E-state index contributed by atoms with van der Waals surface area (Å²) >= 11 is 0. The summed E-state index contributed by atoms with van der Waals surface area (Å²) in [5, 5.41) is 3.69. The molecule has 3 nitrogen and oxygen atoms in total. The Morgan fingerprint density at radius 1 is 1.14 bits per heavy atom. The molecule has 116 valence electrons. The van der Waals surface area contributed by atoms with Crippen LogP contribution >= 0.6 is 0 Å². The first-order valence-electron chi connectivity index (χ1n) is 8.54. The molecule has 2 aliphatic heterocycles. The Kier molecular flexibility index (Phi) is 5.67. The van der Waals surface area contributed by atoms with Crippen LogP contribution in [0.2, 0.25) is 0 Å². The molecule has 3 heteroatoms. The molecule has 1 aromatic carbocycles. The van der Waals surface area contributed by atoms with Gasteiger partial charge in [-0.3, -0.25) is 0 Å². The molecule has 0 aromatic heterocycles. The Balaban J connectivity index is 1.52. The van der Waals surface area contributed by atoms with Crippen LogP contribution in [0.1, 0.15) is 43.7 Å². The Hall–Kier alpha value is -0.900. The predicted octanol–water partition coefficient (Wildman–Crippen LogP) is 2.98. The summed E-state index contributed by atoms with van der Waals surface area (Å²) in [4.78, 5) is 2.62. The van der Waals surface area contributed by atoms with E-state index in [-0.39, 0.29) is 0 Å². The van der Waals surface area contributed by atoms with Crippen LogP contribution in [0.4, 0.5) is 0 Å². The van der Waals surface area contributed by atoms with Gasteiger partial charge < -0.3 is 15.0 Å². The average molecular weight is 288 g/mol. The van der Waals surface area contributed by atoms with E-state index in [9.17, 15) is 0 Å². The first-order valence-corrected chi connectivity index (χ1v) is 8.54. The van der Waals surface area contributed by atoms with Crippen LogP contribution in [-0.2, 0) is 4.74 Å². The molecule has 0 radical (unpaired) electrons. The third-order valence-corrected chi connectivity index (χ3v) is 4.73. The van der Waals surface area contributed by atoms with E-state index in [1.165, 1.54) is 50.8 Å². The summed E-state index contributed by atoms with van der Waals surface area (Å²) in [6.45, 7) is 5.60. The van der Waals surface area contributed by atoms with Gasteiger partial charge in [0.05, 0.1) is 6.10 Å². The molecule has 2 saturated heterocycles. The van der Waals surface area contributed by atoms with Crippen molar-refractivity contribution in [1.29, 1.82) is 0 Å². The molecule has 3 rings (SSSR count). The lowest BCUT2D eigenvalue weighted by atomic mass is 10.0. The second kappa shape index (κ2) is 7.92. The number of benzene rings is 1. The van der Waals surface area contributed by atoms with E-state index in [2.05, 4.69) is 40.5 Å². The fourth-order valence-corrected chi connectivity index (χ4v) is 3.47. The van der Waals surface area contributed by atoms with Crippen molar-refractivity contribution in [2.45, 2.75) is 44.2 Å². The molecule has 2 fully saturated rings. The smallest absolute Gasteiger partial charge is 0.0587 e. The summed E-state index contributed by atoms with van der Waals surface area (Å²) in [6.07, 6.45) is 6.80. The normalized spacial score (nSPS) is 28.2. The first-order chi connectivity index (χ1) is 10.4. The van der Waals surface area contributed by atoms with Gasteiger partial charge in [-0.2, -0.15) is 0 Å². The summed E-state index contributed by atoms with van der Waals surface area (Å²) in [7, 11) is 0. The van der Waals surface area contributed by atoms with E-state index in [1.54, 1.807) is 0 Å². The molecule has 2 heterocycles. The van der Waals surface area contributed by atoms with E-state index in [1.807, 2.05) is 0 Å². The average Bonchev–Trinajstić information content (AvgIpc) is 2.80. The van der Waals surface area contributed by atoms with Crippen LogP contribution in [0.3, 0.4) is 0 Å². The Bertz CT molecular complexity index is 403. The summed E-state index contributed by atoms with van der Waals surface area (Å²) in [6, 6.07) is 11.3. The lowest BCUT2D eigenvalue weighted by molar-refractivity contribution is 0.00543. The Morgan fingerprint density at radius 2 is 2.05 bits per heavy atom. The van der Waals surface area contributed by atoms with Crippen LogP contribution in [0.15, 0.2) is 30.3 Å². The molecule has 2 aliphatic rings. The highest BCUT2D eigenvalue weighted by atomic mass is 16.5. The third-order valence-electron chi connectivity index (χ3n) is 4.73. The van der Waals surface area contributed by atoms with E-state index >= 15 is 0 Å². The second-order valence-electron chi connectivity index (χ2n) is 6.35. The highest BCUT2D eigenvalue weighted by Crippen LogP contribution is 2.19. The standard InChI is InChI=1S/C18H28N2O/c1-2-7-16(8-3-1)18-15-20(12-6-11-19-18)13-10-17-9-4-5-14-21-17/h1-3,7-8,17-19H,4-6,9-15H2. The van der Waals surface area contributed by atoms with E-state index < -0.39 is 0 Å². The maximum absolute atomic E-state index is 5.87. The lowest BCUT2D eigenvalue weighted by Crippen LogP contribution is -2.34. The molecule has 1 N–H and O–H groups in total. The van der Waals surface area contributed by atoms with E-state index in [4.69, 9.17) is 4.74 Å². The largest absolute Gasteiger partial charge is 0.378 e. The van der Waals surface area contributed by atoms with Crippen molar-refractivity contribution in [2.24, 2.45) is 0 Å². The van der Waals surface area contributed by atoms with Gasteiger partial charge in [0.25, 0.3) is 0 Å². The monoisotopic (exact) mass is 288 g/mol. The molecular formula is C18H28N2O. The molecule has 0 amide bonds. The van der Waals surface area contributed by atoms with Crippen molar-refractivity contribution < 1.29 is 4.74 Å². The van der Waals surface area contributed by atoms with Gasteiger partial charge in [0, 0.05) is 25.7 Å². The predicted molar refractivity (Wildman–Crippen MR) is 86.5 cm³/mol. The molecule has 0 bridgehead atoms. The van der Waals surface area contributed by atoms with Gasteiger partial charge in [-0.25, -0.2) is 0 Å². The number of nitrogens with zero attached hydrogens (tertiary/aromatic N) is 1. The topological polar surface area (TPSA) is 24.5 Å². The third kappa shape index (κ3) is 4.53. The molecule has 2 unspecified atom stereocenters. The minimum Gasteiger partial charge on any atom is -0.378 e. The van der Waals surface area contributed by atoms with Crippen LogP contribution in [0.5, 0.6) is 0 Å². The molecular weight excluding hydrogens is 260 g/mol. The van der Waals surface area contributed by atoms with Gasteiger partial charge in [0.1, 0.15) is 0 Å².